The molecule has 1 aromatic heterocycles. The van der Waals surface area contributed by atoms with Crippen LogP contribution >= 0.6 is 11.3 Å². The highest BCUT2D eigenvalue weighted by Gasteiger charge is 2.45. The minimum absolute atomic E-state index is 0.457. The molecule has 4 unspecified atom stereocenters. The summed E-state index contributed by atoms with van der Waals surface area (Å²) in [5, 5.41) is 6.96. The molecule has 0 aromatic carbocycles. The normalized spacial score (nSPS) is 34.3. The van der Waals surface area contributed by atoms with Crippen molar-refractivity contribution >= 4 is 11.3 Å². The van der Waals surface area contributed by atoms with Crippen LogP contribution in [0.2, 0.25) is 0 Å². The number of nitrogens with one attached hydrogen (secondary N) is 1. The third kappa shape index (κ3) is 2.46. The van der Waals surface area contributed by atoms with Crippen LogP contribution in [-0.4, -0.2) is 24.1 Å². The fourth-order valence-corrected chi connectivity index (χ4v) is 4.52. The van der Waals surface area contributed by atoms with Gasteiger partial charge in [-0.1, -0.05) is 0 Å². The van der Waals surface area contributed by atoms with E-state index < -0.39 is 0 Å². The highest BCUT2D eigenvalue weighted by atomic mass is 32.1. The average Bonchev–Trinajstić information content (AvgIpc) is 3.03. The Balaban J connectivity index is 1.40. The summed E-state index contributed by atoms with van der Waals surface area (Å²) in [6.45, 7) is 4.20. The monoisotopic (exact) mass is 265 g/mol. The minimum Gasteiger partial charge on any atom is -0.327 e. The quantitative estimate of drug-likeness (QED) is 0.800. The van der Waals surface area contributed by atoms with Gasteiger partial charge in [-0.15, -0.1) is 11.3 Å². The zero-order valence-electron chi connectivity index (χ0n) is 11.1. The van der Waals surface area contributed by atoms with Crippen molar-refractivity contribution < 1.29 is 0 Å². The molecular formula is C14H23N3S. The van der Waals surface area contributed by atoms with Gasteiger partial charge in [0.25, 0.3) is 0 Å². The van der Waals surface area contributed by atoms with E-state index in [0.717, 1.165) is 43.0 Å². The Hall–Kier alpha value is -0.450. The second-order valence-corrected chi connectivity index (χ2v) is 6.85. The molecule has 0 radical (unpaired) electrons. The number of nitrogens with two attached hydrogens (primary N) is 1. The van der Waals surface area contributed by atoms with Gasteiger partial charge in [0.2, 0.25) is 0 Å². The predicted octanol–water partition coefficient (Wildman–Crippen LogP) is 1.96. The molecule has 0 aliphatic heterocycles. The van der Waals surface area contributed by atoms with Crippen molar-refractivity contribution in [2.24, 2.45) is 23.5 Å². The van der Waals surface area contributed by atoms with Crippen molar-refractivity contribution in [3.05, 3.63) is 16.1 Å². The Morgan fingerprint density at radius 3 is 2.94 bits per heavy atom. The van der Waals surface area contributed by atoms with E-state index in [-0.39, 0.29) is 0 Å². The molecule has 4 heteroatoms. The smallest absolute Gasteiger partial charge is 0.0940 e. The molecule has 3 N–H and O–H groups in total. The van der Waals surface area contributed by atoms with Gasteiger partial charge in [0.1, 0.15) is 0 Å². The first-order valence-electron chi connectivity index (χ1n) is 7.11. The van der Waals surface area contributed by atoms with Gasteiger partial charge in [-0.05, 0) is 50.5 Å². The number of nitrogens with zero attached hydrogens (tertiary/aromatic N) is 1. The van der Waals surface area contributed by atoms with Gasteiger partial charge in [-0.3, -0.25) is 0 Å². The summed E-state index contributed by atoms with van der Waals surface area (Å²) in [4.78, 5) is 4.49. The standard InChI is InChI=1S/C14H23N3S/c1-9-8-18-13(17-9)4-5-16-7-12-10-2-3-11(6-10)14(12)15/h8,10-12,14,16H,2-7,15H2,1H3. The zero-order valence-corrected chi connectivity index (χ0v) is 11.9. The molecule has 0 amide bonds. The summed E-state index contributed by atoms with van der Waals surface area (Å²) < 4.78 is 0. The Morgan fingerprint density at radius 1 is 1.44 bits per heavy atom. The van der Waals surface area contributed by atoms with Crippen molar-refractivity contribution in [2.75, 3.05) is 13.1 Å². The third-order valence-electron chi connectivity index (χ3n) is 4.72. The average molecular weight is 265 g/mol. The van der Waals surface area contributed by atoms with Crippen molar-refractivity contribution in [3.63, 3.8) is 0 Å². The summed E-state index contributed by atoms with van der Waals surface area (Å²) in [6.07, 6.45) is 5.23. The number of fused-ring (bicyclic) bond motifs is 2. The molecule has 2 saturated carbocycles. The molecular weight excluding hydrogens is 242 g/mol. The lowest BCUT2D eigenvalue weighted by molar-refractivity contribution is 0.279. The fraction of sp³-hybridized carbons (Fsp3) is 0.786. The van der Waals surface area contributed by atoms with E-state index in [0.29, 0.717) is 6.04 Å². The lowest BCUT2D eigenvalue weighted by Crippen LogP contribution is -2.41. The van der Waals surface area contributed by atoms with Gasteiger partial charge < -0.3 is 11.1 Å². The summed E-state index contributed by atoms with van der Waals surface area (Å²) >= 11 is 1.77. The summed E-state index contributed by atoms with van der Waals surface area (Å²) in [7, 11) is 0. The molecule has 2 bridgehead atoms. The van der Waals surface area contributed by atoms with E-state index in [1.165, 1.54) is 24.3 Å². The van der Waals surface area contributed by atoms with E-state index in [1.807, 2.05) is 0 Å². The van der Waals surface area contributed by atoms with Crippen LogP contribution in [0.4, 0.5) is 0 Å². The molecule has 1 heterocycles. The fourth-order valence-electron chi connectivity index (χ4n) is 3.74. The summed E-state index contributed by atoms with van der Waals surface area (Å²) in [5.74, 6) is 2.45. The molecule has 3 nitrogen and oxygen atoms in total. The van der Waals surface area contributed by atoms with Crippen molar-refractivity contribution in [3.8, 4) is 0 Å². The first-order chi connectivity index (χ1) is 8.74. The highest BCUT2D eigenvalue weighted by molar-refractivity contribution is 7.09. The van der Waals surface area contributed by atoms with Gasteiger partial charge >= 0.3 is 0 Å². The number of thiazole rings is 1. The van der Waals surface area contributed by atoms with Crippen molar-refractivity contribution in [1.82, 2.24) is 10.3 Å². The van der Waals surface area contributed by atoms with E-state index in [9.17, 15) is 0 Å². The van der Waals surface area contributed by atoms with Crippen molar-refractivity contribution in [2.45, 2.75) is 38.6 Å². The van der Waals surface area contributed by atoms with Crippen LogP contribution in [-0.2, 0) is 6.42 Å². The van der Waals surface area contributed by atoms with Gasteiger partial charge in [-0.25, -0.2) is 4.98 Å². The second-order valence-electron chi connectivity index (χ2n) is 5.91. The molecule has 18 heavy (non-hydrogen) atoms. The number of hydrogen-bond acceptors (Lipinski definition) is 4. The Morgan fingerprint density at radius 2 is 2.28 bits per heavy atom. The van der Waals surface area contributed by atoms with E-state index in [4.69, 9.17) is 5.73 Å². The van der Waals surface area contributed by atoms with E-state index >= 15 is 0 Å². The SMILES string of the molecule is Cc1csc(CCNCC2C3CCC(C3)C2N)n1. The first kappa shape index (κ1) is 12.6. The predicted molar refractivity (Wildman–Crippen MR) is 75.7 cm³/mol. The maximum absolute atomic E-state index is 6.31. The third-order valence-corrected chi connectivity index (χ3v) is 5.75. The summed E-state index contributed by atoms with van der Waals surface area (Å²) in [5.41, 5.74) is 7.45. The minimum atomic E-state index is 0.457. The molecule has 2 aliphatic carbocycles. The van der Waals surface area contributed by atoms with Crippen LogP contribution in [0, 0.1) is 24.7 Å². The molecule has 3 rings (SSSR count). The molecule has 0 spiro atoms. The lowest BCUT2D eigenvalue weighted by Gasteiger charge is -2.28. The van der Waals surface area contributed by atoms with Crippen LogP contribution in [0.5, 0.6) is 0 Å². The Kier molecular flexibility index (Phi) is 3.68. The number of aromatic nitrogens is 1. The number of aryl methyl sites for hydroxylation is 1. The molecule has 4 atom stereocenters. The van der Waals surface area contributed by atoms with Crippen LogP contribution in [0.1, 0.15) is 30.0 Å². The second kappa shape index (κ2) is 5.27. The van der Waals surface area contributed by atoms with Gasteiger partial charge in [0, 0.05) is 30.1 Å². The molecule has 2 fully saturated rings. The molecule has 1 aromatic rings. The first-order valence-corrected chi connectivity index (χ1v) is 7.99. The summed E-state index contributed by atoms with van der Waals surface area (Å²) in [6, 6.07) is 0.457. The lowest BCUT2D eigenvalue weighted by atomic mass is 9.85. The number of hydrogen-bond donors (Lipinski definition) is 2. The van der Waals surface area contributed by atoms with Gasteiger partial charge in [0.05, 0.1) is 5.01 Å². The maximum Gasteiger partial charge on any atom is 0.0940 e. The van der Waals surface area contributed by atoms with Gasteiger partial charge in [-0.2, -0.15) is 0 Å². The van der Waals surface area contributed by atoms with E-state index in [1.54, 1.807) is 11.3 Å². The van der Waals surface area contributed by atoms with Crippen LogP contribution in [0.15, 0.2) is 5.38 Å². The molecule has 100 valence electrons. The zero-order chi connectivity index (χ0) is 12.5. The Bertz CT molecular complexity index is 401. The topological polar surface area (TPSA) is 50.9 Å². The van der Waals surface area contributed by atoms with Crippen LogP contribution in [0.3, 0.4) is 0 Å². The Labute approximate surface area is 113 Å². The van der Waals surface area contributed by atoms with Crippen molar-refractivity contribution in [1.29, 1.82) is 0 Å². The van der Waals surface area contributed by atoms with E-state index in [2.05, 4.69) is 22.6 Å². The molecule has 2 aliphatic rings. The number of rotatable bonds is 5. The highest BCUT2D eigenvalue weighted by Crippen LogP contribution is 2.47. The van der Waals surface area contributed by atoms with Crippen LogP contribution in [0.25, 0.3) is 0 Å². The largest absolute Gasteiger partial charge is 0.327 e. The van der Waals surface area contributed by atoms with Crippen LogP contribution < -0.4 is 11.1 Å². The molecule has 0 saturated heterocycles. The van der Waals surface area contributed by atoms with Gasteiger partial charge in [0.15, 0.2) is 0 Å². The maximum atomic E-state index is 6.31.